The molecule has 0 aliphatic heterocycles. The molecule has 0 aliphatic rings. The quantitative estimate of drug-likeness (QED) is 0.888. The summed E-state index contributed by atoms with van der Waals surface area (Å²) in [4.78, 5) is 4.40. The minimum absolute atomic E-state index is 0.587. The largest absolute Gasteiger partial charge is 0.379 e. The van der Waals surface area contributed by atoms with E-state index in [0.29, 0.717) is 16.6 Å². The van der Waals surface area contributed by atoms with Crippen molar-refractivity contribution in [3.63, 3.8) is 0 Å². The first-order chi connectivity index (χ1) is 8.58. The third-order valence-corrected chi connectivity index (χ3v) is 3.45. The van der Waals surface area contributed by atoms with Crippen LogP contribution in [-0.4, -0.2) is 4.98 Å². The highest BCUT2D eigenvalue weighted by Gasteiger charge is 2.06. The summed E-state index contributed by atoms with van der Waals surface area (Å²) >= 11 is 12.2. The second kappa shape index (κ2) is 5.59. The molecule has 0 spiro atoms. The number of nitrogens with zero attached hydrogens (tertiary/aromatic N) is 1. The standard InChI is InChI=1S/C14H14Cl2N2/c1-9-6-7-14(10(2)18-9)17-8-11-12(15)4-3-5-13(11)16/h3-7,17H,8H2,1-2H3. The van der Waals surface area contributed by atoms with Crippen molar-refractivity contribution in [3.05, 3.63) is 57.3 Å². The van der Waals surface area contributed by atoms with Crippen LogP contribution in [0.5, 0.6) is 0 Å². The molecule has 1 aromatic carbocycles. The normalized spacial score (nSPS) is 10.4. The Hall–Kier alpha value is -1.25. The van der Waals surface area contributed by atoms with Crippen molar-refractivity contribution in [1.82, 2.24) is 4.98 Å². The Morgan fingerprint density at radius 1 is 1.06 bits per heavy atom. The van der Waals surface area contributed by atoms with Crippen molar-refractivity contribution in [3.8, 4) is 0 Å². The fraction of sp³-hybridized carbons (Fsp3) is 0.214. The van der Waals surface area contributed by atoms with Gasteiger partial charge >= 0.3 is 0 Å². The van der Waals surface area contributed by atoms with Crippen molar-refractivity contribution in [1.29, 1.82) is 0 Å². The molecule has 94 valence electrons. The maximum absolute atomic E-state index is 6.12. The van der Waals surface area contributed by atoms with Gasteiger partial charge < -0.3 is 5.32 Å². The van der Waals surface area contributed by atoms with Crippen molar-refractivity contribution in [2.24, 2.45) is 0 Å². The van der Waals surface area contributed by atoms with Gasteiger partial charge in [-0.05, 0) is 38.1 Å². The number of aromatic nitrogens is 1. The van der Waals surface area contributed by atoms with Crippen molar-refractivity contribution < 1.29 is 0 Å². The zero-order valence-electron chi connectivity index (χ0n) is 10.3. The zero-order chi connectivity index (χ0) is 13.1. The van der Waals surface area contributed by atoms with Gasteiger partial charge in [-0.15, -0.1) is 0 Å². The van der Waals surface area contributed by atoms with E-state index in [0.717, 1.165) is 22.6 Å². The molecule has 18 heavy (non-hydrogen) atoms. The third kappa shape index (κ3) is 2.95. The predicted molar refractivity (Wildman–Crippen MR) is 77.5 cm³/mol. The van der Waals surface area contributed by atoms with E-state index in [2.05, 4.69) is 10.3 Å². The molecule has 0 atom stereocenters. The molecule has 0 fully saturated rings. The smallest absolute Gasteiger partial charge is 0.0606 e. The number of hydrogen-bond acceptors (Lipinski definition) is 2. The van der Waals surface area contributed by atoms with Crippen LogP contribution in [0.25, 0.3) is 0 Å². The minimum Gasteiger partial charge on any atom is -0.379 e. The molecule has 0 saturated carbocycles. The van der Waals surface area contributed by atoms with E-state index in [9.17, 15) is 0 Å². The van der Waals surface area contributed by atoms with Crippen LogP contribution in [0.1, 0.15) is 17.0 Å². The van der Waals surface area contributed by atoms with Crippen LogP contribution < -0.4 is 5.32 Å². The molecule has 0 unspecified atom stereocenters. The first-order valence-electron chi connectivity index (χ1n) is 5.69. The lowest BCUT2D eigenvalue weighted by atomic mass is 10.2. The van der Waals surface area contributed by atoms with Crippen LogP contribution in [0.4, 0.5) is 5.69 Å². The number of hydrogen-bond donors (Lipinski definition) is 1. The maximum atomic E-state index is 6.12. The lowest BCUT2D eigenvalue weighted by molar-refractivity contribution is 1.08. The van der Waals surface area contributed by atoms with E-state index in [1.165, 1.54) is 0 Å². The Morgan fingerprint density at radius 2 is 1.72 bits per heavy atom. The fourth-order valence-electron chi connectivity index (χ4n) is 1.76. The van der Waals surface area contributed by atoms with Gasteiger partial charge in [-0.3, -0.25) is 4.98 Å². The molecule has 0 amide bonds. The Morgan fingerprint density at radius 3 is 2.33 bits per heavy atom. The number of anilines is 1. The van der Waals surface area contributed by atoms with Crippen molar-refractivity contribution in [2.45, 2.75) is 20.4 Å². The monoisotopic (exact) mass is 280 g/mol. The van der Waals surface area contributed by atoms with E-state index in [4.69, 9.17) is 23.2 Å². The maximum Gasteiger partial charge on any atom is 0.0606 e. The summed E-state index contributed by atoms with van der Waals surface area (Å²) in [7, 11) is 0. The molecule has 0 saturated heterocycles. The summed E-state index contributed by atoms with van der Waals surface area (Å²) in [5.74, 6) is 0. The third-order valence-electron chi connectivity index (χ3n) is 2.74. The highest BCUT2D eigenvalue weighted by molar-refractivity contribution is 6.36. The van der Waals surface area contributed by atoms with Crippen LogP contribution in [0, 0.1) is 13.8 Å². The number of aryl methyl sites for hydroxylation is 2. The summed E-state index contributed by atoms with van der Waals surface area (Å²) in [6.07, 6.45) is 0. The number of rotatable bonds is 3. The predicted octanol–water partition coefficient (Wildman–Crippen LogP) is 4.62. The van der Waals surface area contributed by atoms with Crippen LogP contribution in [0.15, 0.2) is 30.3 Å². The van der Waals surface area contributed by atoms with E-state index in [1.807, 2.05) is 44.2 Å². The van der Waals surface area contributed by atoms with Crippen LogP contribution >= 0.6 is 23.2 Å². The zero-order valence-corrected chi connectivity index (χ0v) is 11.8. The average Bonchev–Trinajstić information content (AvgIpc) is 2.31. The number of nitrogens with one attached hydrogen (secondary N) is 1. The molecule has 2 nitrogen and oxygen atoms in total. The van der Waals surface area contributed by atoms with Crippen LogP contribution in [0.3, 0.4) is 0 Å². The Balaban J connectivity index is 2.16. The molecular weight excluding hydrogens is 267 g/mol. The van der Waals surface area contributed by atoms with Crippen LogP contribution in [-0.2, 0) is 6.54 Å². The molecule has 0 bridgehead atoms. The number of benzene rings is 1. The molecule has 4 heteroatoms. The molecule has 1 N–H and O–H groups in total. The van der Waals surface area contributed by atoms with Gasteiger partial charge in [-0.1, -0.05) is 29.3 Å². The van der Waals surface area contributed by atoms with Gasteiger partial charge in [0, 0.05) is 27.8 Å². The first-order valence-corrected chi connectivity index (χ1v) is 6.44. The Bertz CT molecular complexity index is 547. The van der Waals surface area contributed by atoms with E-state index in [1.54, 1.807) is 0 Å². The molecular formula is C14H14Cl2N2. The second-order valence-corrected chi connectivity index (χ2v) is 4.95. The second-order valence-electron chi connectivity index (χ2n) is 4.14. The summed E-state index contributed by atoms with van der Waals surface area (Å²) in [6, 6.07) is 9.51. The van der Waals surface area contributed by atoms with Gasteiger partial charge in [-0.25, -0.2) is 0 Å². The topological polar surface area (TPSA) is 24.9 Å². The number of halogens is 2. The van der Waals surface area contributed by atoms with Crippen molar-refractivity contribution >= 4 is 28.9 Å². The number of pyridine rings is 1. The lowest BCUT2D eigenvalue weighted by Gasteiger charge is -2.11. The Labute approximate surface area is 117 Å². The van der Waals surface area contributed by atoms with Crippen molar-refractivity contribution in [2.75, 3.05) is 5.32 Å². The van der Waals surface area contributed by atoms with Gasteiger partial charge in [0.1, 0.15) is 0 Å². The van der Waals surface area contributed by atoms with E-state index < -0.39 is 0 Å². The average molecular weight is 281 g/mol. The molecule has 0 aliphatic carbocycles. The van der Waals surface area contributed by atoms with E-state index >= 15 is 0 Å². The van der Waals surface area contributed by atoms with Gasteiger partial charge in [-0.2, -0.15) is 0 Å². The molecule has 1 heterocycles. The summed E-state index contributed by atoms with van der Waals surface area (Å²) in [5, 5.41) is 4.65. The lowest BCUT2D eigenvalue weighted by Crippen LogP contribution is -2.03. The SMILES string of the molecule is Cc1ccc(NCc2c(Cl)cccc2Cl)c(C)n1. The van der Waals surface area contributed by atoms with Crippen LogP contribution in [0.2, 0.25) is 10.0 Å². The van der Waals surface area contributed by atoms with Gasteiger partial charge in [0.2, 0.25) is 0 Å². The summed E-state index contributed by atoms with van der Waals surface area (Å²) in [5.41, 5.74) is 3.88. The Kier molecular flexibility index (Phi) is 4.10. The van der Waals surface area contributed by atoms with Gasteiger partial charge in [0.15, 0.2) is 0 Å². The molecule has 2 rings (SSSR count). The molecule has 1 aromatic heterocycles. The van der Waals surface area contributed by atoms with E-state index in [-0.39, 0.29) is 0 Å². The highest BCUT2D eigenvalue weighted by Crippen LogP contribution is 2.25. The molecule has 0 radical (unpaired) electrons. The molecule has 2 aromatic rings. The van der Waals surface area contributed by atoms with Gasteiger partial charge in [0.05, 0.1) is 11.4 Å². The summed E-state index contributed by atoms with van der Waals surface area (Å²) in [6.45, 7) is 4.54. The highest BCUT2D eigenvalue weighted by atomic mass is 35.5. The van der Waals surface area contributed by atoms with Gasteiger partial charge in [0.25, 0.3) is 0 Å². The minimum atomic E-state index is 0.587. The fourth-order valence-corrected chi connectivity index (χ4v) is 2.29. The first kappa shape index (κ1) is 13.2. The summed E-state index contributed by atoms with van der Waals surface area (Å²) < 4.78 is 0.